The van der Waals surface area contributed by atoms with E-state index >= 15 is 0 Å². The number of nitro groups is 1. The van der Waals surface area contributed by atoms with Crippen LogP contribution in [0.15, 0.2) is 97.1 Å². The predicted octanol–water partition coefficient (Wildman–Crippen LogP) is 5.89. The number of hydrogen-bond acceptors (Lipinski definition) is 6. The van der Waals surface area contributed by atoms with Crippen LogP contribution in [0.25, 0.3) is 22.0 Å². The van der Waals surface area contributed by atoms with Gasteiger partial charge in [-0.2, -0.15) is 0 Å². The molecule has 8 nitrogen and oxygen atoms in total. The molecule has 0 saturated carbocycles. The van der Waals surface area contributed by atoms with Crippen molar-refractivity contribution in [3.8, 4) is 22.8 Å². The molecule has 0 N–H and O–H groups in total. The number of aromatic nitrogens is 2. The number of carbonyl (C=O) groups excluding carboxylic acids is 1. The maximum Gasteiger partial charge on any atom is 0.344 e. The van der Waals surface area contributed by atoms with Crippen LogP contribution < -0.4 is 9.47 Å². The number of esters is 1. The number of ether oxygens (including phenoxy) is 2. The maximum absolute atomic E-state index is 13.0. The highest BCUT2D eigenvalue weighted by molar-refractivity contribution is 5.95. The van der Waals surface area contributed by atoms with Gasteiger partial charge in [0.15, 0.2) is 0 Å². The molecule has 0 radical (unpaired) electrons. The molecule has 36 heavy (non-hydrogen) atoms. The molecule has 0 amide bonds. The lowest BCUT2D eigenvalue weighted by Crippen LogP contribution is -2.09. The molecular formula is C28H21N3O5. The van der Waals surface area contributed by atoms with Gasteiger partial charge in [-0.05, 0) is 47.0 Å². The normalized spacial score (nSPS) is 10.8. The Bertz CT molecular complexity index is 1560. The Hall–Kier alpha value is -4.98. The molecule has 178 valence electrons. The molecular weight excluding hydrogens is 458 g/mol. The Morgan fingerprint density at radius 3 is 2.39 bits per heavy atom. The van der Waals surface area contributed by atoms with Crippen molar-refractivity contribution in [3.05, 3.63) is 118 Å². The average molecular weight is 479 g/mol. The molecule has 0 saturated heterocycles. The largest absolute Gasteiger partial charge is 0.497 e. The summed E-state index contributed by atoms with van der Waals surface area (Å²) in [5.41, 5.74) is 3.82. The van der Waals surface area contributed by atoms with Crippen molar-refractivity contribution in [2.24, 2.45) is 0 Å². The third-order valence-corrected chi connectivity index (χ3v) is 5.79. The van der Waals surface area contributed by atoms with E-state index in [1.165, 1.54) is 12.1 Å². The van der Waals surface area contributed by atoms with Gasteiger partial charge < -0.3 is 9.47 Å². The first-order valence-electron chi connectivity index (χ1n) is 11.2. The quantitative estimate of drug-likeness (QED) is 0.164. The van der Waals surface area contributed by atoms with Gasteiger partial charge in [0.2, 0.25) is 5.88 Å². The molecule has 4 aromatic carbocycles. The van der Waals surface area contributed by atoms with Crippen LogP contribution in [0, 0.1) is 10.1 Å². The van der Waals surface area contributed by atoms with Crippen molar-refractivity contribution >= 4 is 22.6 Å². The van der Waals surface area contributed by atoms with Crippen LogP contribution in [-0.2, 0) is 6.54 Å². The molecule has 0 bridgehead atoms. The molecule has 0 aliphatic carbocycles. The molecule has 0 aliphatic rings. The number of nitro benzene ring substituents is 1. The number of fused-ring (bicyclic) bond motifs is 1. The molecule has 0 atom stereocenters. The zero-order valence-corrected chi connectivity index (χ0v) is 19.3. The van der Waals surface area contributed by atoms with E-state index in [4.69, 9.17) is 9.47 Å². The van der Waals surface area contributed by atoms with Gasteiger partial charge in [-0.25, -0.2) is 4.79 Å². The zero-order chi connectivity index (χ0) is 25.1. The van der Waals surface area contributed by atoms with E-state index in [1.807, 2.05) is 48.5 Å². The predicted molar refractivity (Wildman–Crippen MR) is 135 cm³/mol. The number of benzene rings is 4. The van der Waals surface area contributed by atoms with Crippen LogP contribution in [0.4, 0.5) is 5.69 Å². The van der Waals surface area contributed by atoms with Gasteiger partial charge in [0.1, 0.15) is 5.75 Å². The van der Waals surface area contributed by atoms with Gasteiger partial charge in [-0.1, -0.05) is 54.6 Å². The Morgan fingerprint density at radius 1 is 0.917 bits per heavy atom. The summed E-state index contributed by atoms with van der Waals surface area (Å²) >= 11 is 0. The van der Waals surface area contributed by atoms with E-state index in [2.05, 4.69) is 5.10 Å². The Labute approximate surface area is 206 Å². The number of carbonyl (C=O) groups is 1. The minimum atomic E-state index is -0.542. The first-order valence-corrected chi connectivity index (χ1v) is 11.2. The smallest absolute Gasteiger partial charge is 0.344 e. The Morgan fingerprint density at radius 2 is 1.67 bits per heavy atom. The van der Waals surface area contributed by atoms with Gasteiger partial charge in [0, 0.05) is 12.1 Å². The lowest BCUT2D eigenvalue weighted by atomic mass is 10.0. The highest BCUT2D eigenvalue weighted by atomic mass is 16.6. The van der Waals surface area contributed by atoms with E-state index in [1.54, 1.807) is 48.2 Å². The van der Waals surface area contributed by atoms with Crippen molar-refractivity contribution in [1.82, 2.24) is 9.78 Å². The van der Waals surface area contributed by atoms with E-state index in [0.29, 0.717) is 27.8 Å². The van der Waals surface area contributed by atoms with Crippen molar-refractivity contribution in [2.75, 3.05) is 7.11 Å². The minimum absolute atomic E-state index is 0.00349. The number of rotatable bonds is 7. The molecule has 5 aromatic rings. The van der Waals surface area contributed by atoms with Crippen LogP contribution >= 0.6 is 0 Å². The number of methoxy groups -OCH3 is 1. The molecule has 0 aliphatic heterocycles. The fourth-order valence-electron chi connectivity index (χ4n) is 3.97. The maximum atomic E-state index is 13.0. The first-order chi connectivity index (χ1) is 17.5. The van der Waals surface area contributed by atoms with Crippen molar-refractivity contribution < 1.29 is 19.2 Å². The minimum Gasteiger partial charge on any atom is -0.497 e. The Balaban J connectivity index is 1.45. The van der Waals surface area contributed by atoms with Crippen LogP contribution in [0.2, 0.25) is 0 Å². The fraction of sp³-hybridized carbons (Fsp3) is 0.0714. The van der Waals surface area contributed by atoms with Gasteiger partial charge in [-0.15, -0.1) is 5.10 Å². The van der Waals surface area contributed by atoms with Gasteiger partial charge in [0.25, 0.3) is 5.69 Å². The third kappa shape index (κ3) is 4.65. The second-order valence-electron chi connectivity index (χ2n) is 8.11. The number of non-ortho nitro benzene ring substituents is 1. The summed E-state index contributed by atoms with van der Waals surface area (Å²) in [5.74, 6) is 0.174. The van der Waals surface area contributed by atoms with E-state index in [-0.39, 0.29) is 18.1 Å². The standard InChI is InChI=1S/C28H21N3O5/c1-35-24-14-15-26-25(17-24)27(29-30(26)18-19-6-5-9-23(16-19)31(33)34)36-28(32)22-12-10-21(11-13-22)20-7-3-2-4-8-20/h2-17H,18H2,1H3. The van der Waals surface area contributed by atoms with E-state index in [0.717, 1.165) is 11.1 Å². The molecule has 0 unspecified atom stereocenters. The highest BCUT2D eigenvalue weighted by Crippen LogP contribution is 2.30. The molecule has 1 heterocycles. The summed E-state index contributed by atoms with van der Waals surface area (Å²) < 4.78 is 12.7. The van der Waals surface area contributed by atoms with Crippen LogP contribution in [0.1, 0.15) is 15.9 Å². The summed E-state index contributed by atoms with van der Waals surface area (Å²) in [5, 5.41) is 16.3. The topological polar surface area (TPSA) is 96.5 Å². The average Bonchev–Trinajstić information content (AvgIpc) is 3.25. The summed E-state index contributed by atoms with van der Waals surface area (Å²) in [6.07, 6.45) is 0. The van der Waals surface area contributed by atoms with Crippen LogP contribution in [0.3, 0.4) is 0 Å². The van der Waals surface area contributed by atoms with Crippen molar-refractivity contribution in [3.63, 3.8) is 0 Å². The van der Waals surface area contributed by atoms with Gasteiger partial charge >= 0.3 is 5.97 Å². The summed E-state index contributed by atoms with van der Waals surface area (Å²) in [6.45, 7) is 0.258. The highest BCUT2D eigenvalue weighted by Gasteiger charge is 2.18. The monoisotopic (exact) mass is 479 g/mol. The summed E-state index contributed by atoms with van der Waals surface area (Å²) in [7, 11) is 1.55. The van der Waals surface area contributed by atoms with Crippen LogP contribution in [0.5, 0.6) is 11.6 Å². The van der Waals surface area contributed by atoms with Crippen LogP contribution in [-0.4, -0.2) is 27.8 Å². The molecule has 1 aromatic heterocycles. The van der Waals surface area contributed by atoms with E-state index < -0.39 is 10.9 Å². The first kappa shape index (κ1) is 22.8. The number of nitrogens with zero attached hydrogens (tertiary/aromatic N) is 3. The lowest BCUT2D eigenvalue weighted by molar-refractivity contribution is -0.384. The Kier molecular flexibility index (Phi) is 6.15. The molecule has 0 fully saturated rings. The molecule has 5 rings (SSSR count). The zero-order valence-electron chi connectivity index (χ0n) is 19.3. The number of hydrogen-bond donors (Lipinski definition) is 0. The lowest BCUT2D eigenvalue weighted by Gasteiger charge is -2.05. The van der Waals surface area contributed by atoms with E-state index in [9.17, 15) is 14.9 Å². The van der Waals surface area contributed by atoms with Crippen molar-refractivity contribution in [1.29, 1.82) is 0 Å². The molecule has 0 spiro atoms. The second kappa shape index (κ2) is 9.71. The third-order valence-electron chi connectivity index (χ3n) is 5.79. The SMILES string of the molecule is COc1ccc2c(c1)c(OC(=O)c1ccc(-c3ccccc3)cc1)nn2Cc1cccc([N+](=O)[O-])c1. The summed E-state index contributed by atoms with van der Waals surface area (Å²) in [6, 6.07) is 28.7. The van der Waals surface area contributed by atoms with Crippen molar-refractivity contribution in [2.45, 2.75) is 6.54 Å². The fourth-order valence-corrected chi connectivity index (χ4v) is 3.97. The second-order valence-corrected chi connectivity index (χ2v) is 8.11. The van der Waals surface area contributed by atoms with Gasteiger partial charge in [-0.3, -0.25) is 14.8 Å². The van der Waals surface area contributed by atoms with Gasteiger partial charge in [0.05, 0.1) is 35.0 Å². The molecule has 8 heteroatoms. The summed E-state index contributed by atoms with van der Waals surface area (Å²) in [4.78, 5) is 23.7.